The number of ketones is 1. The molecule has 3 heteroatoms. The van der Waals surface area contributed by atoms with Gasteiger partial charge in [-0.3, -0.25) is 4.79 Å². The van der Waals surface area contributed by atoms with Crippen LogP contribution in [0.4, 0.5) is 0 Å². The van der Waals surface area contributed by atoms with Gasteiger partial charge in [-0.05, 0) is 42.9 Å². The van der Waals surface area contributed by atoms with Gasteiger partial charge in [-0.2, -0.15) is 0 Å². The maximum Gasteiger partial charge on any atom is 0.166 e. The van der Waals surface area contributed by atoms with Crippen LogP contribution in [0.2, 0.25) is 10.0 Å². The third kappa shape index (κ3) is 1.90. The second-order valence-electron chi connectivity index (χ2n) is 5.32. The Kier molecular flexibility index (Phi) is 2.72. The molecule has 1 aromatic carbocycles. The molecule has 0 aliphatic heterocycles. The van der Waals surface area contributed by atoms with Crippen molar-refractivity contribution in [1.29, 1.82) is 0 Å². The maximum atomic E-state index is 12.3. The minimum Gasteiger partial charge on any atom is -0.294 e. The summed E-state index contributed by atoms with van der Waals surface area (Å²) >= 11 is 11.8. The topological polar surface area (TPSA) is 17.1 Å². The van der Waals surface area contributed by atoms with Crippen LogP contribution in [0.3, 0.4) is 0 Å². The zero-order valence-corrected chi connectivity index (χ0v) is 11.0. The molecule has 2 aliphatic carbocycles. The number of benzene rings is 1. The summed E-state index contributed by atoms with van der Waals surface area (Å²) < 4.78 is 0. The van der Waals surface area contributed by atoms with Crippen molar-refractivity contribution < 1.29 is 4.79 Å². The smallest absolute Gasteiger partial charge is 0.166 e. The van der Waals surface area contributed by atoms with Crippen LogP contribution in [0.25, 0.3) is 0 Å². The molecular formula is C14H14Cl2O. The summed E-state index contributed by atoms with van der Waals surface area (Å²) in [5.74, 6) is 0.493. The lowest BCUT2D eigenvalue weighted by Crippen LogP contribution is -2.08. The molecule has 1 atom stereocenters. The second kappa shape index (κ2) is 4.00. The van der Waals surface area contributed by atoms with Crippen molar-refractivity contribution in [3.63, 3.8) is 0 Å². The summed E-state index contributed by atoms with van der Waals surface area (Å²) in [4.78, 5) is 12.3. The summed E-state index contributed by atoms with van der Waals surface area (Å²) in [5, 5.41) is 0.980. The molecule has 0 aromatic heterocycles. The molecule has 2 saturated carbocycles. The average molecular weight is 269 g/mol. The van der Waals surface area contributed by atoms with Gasteiger partial charge in [0.25, 0.3) is 0 Å². The number of halogens is 2. The Morgan fingerprint density at radius 2 is 1.88 bits per heavy atom. The second-order valence-corrected chi connectivity index (χ2v) is 6.13. The predicted molar refractivity (Wildman–Crippen MR) is 69.8 cm³/mol. The fourth-order valence-electron chi connectivity index (χ4n) is 3.20. The Morgan fingerprint density at radius 1 is 1.18 bits per heavy atom. The van der Waals surface area contributed by atoms with Gasteiger partial charge in [-0.1, -0.05) is 36.0 Å². The lowest BCUT2D eigenvalue weighted by molar-refractivity contribution is 0.0949. The van der Waals surface area contributed by atoms with Gasteiger partial charge in [0.1, 0.15) is 0 Å². The summed E-state index contributed by atoms with van der Waals surface area (Å²) in [6.45, 7) is 0. The number of carbonyl (C=O) groups is 1. The van der Waals surface area contributed by atoms with E-state index in [9.17, 15) is 4.79 Å². The normalized spacial score (nSPS) is 25.2. The molecule has 0 heterocycles. The van der Waals surface area contributed by atoms with Crippen molar-refractivity contribution in [1.82, 2.24) is 0 Å². The molecule has 0 radical (unpaired) electrons. The highest BCUT2D eigenvalue weighted by atomic mass is 35.5. The first kappa shape index (κ1) is 11.6. The molecule has 1 aromatic rings. The van der Waals surface area contributed by atoms with Crippen molar-refractivity contribution in [2.75, 3.05) is 0 Å². The standard InChI is InChI=1S/C14H14Cl2O/c15-11-4-3-9(7-12(11)16)13(17)10-8-14(10)5-1-2-6-14/h3-4,7,10H,1-2,5-6,8H2. The first-order chi connectivity index (χ1) is 8.12. The zero-order valence-electron chi connectivity index (χ0n) is 9.51. The molecule has 1 unspecified atom stereocenters. The molecule has 3 rings (SSSR count). The van der Waals surface area contributed by atoms with Crippen LogP contribution in [-0.4, -0.2) is 5.78 Å². The Labute approximate surface area is 111 Å². The maximum absolute atomic E-state index is 12.3. The largest absolute Gasteiger partial charge is 0.294 e. The monoisotopic (exact) mass is 268 g/mol. The highest BCUT2D eigenvalue weighted by Gasteiger charge is 2.58. The molecular weight excluding hydrogens is 255 g/mol. The molecule has 2 fully saturated rings. The third-order valence-electron chi connectivity index (χ3n) is 4.31. The minimum atomic E-state index is 0.238. The van der Waals surface area contributed by atoms with E-state index in [1.807, 2.05) is 0 Å². The Bertz CT molecular complexity index is 475. The number of carbonyl (C=O) groups excluding carboxylic acids is 1. The highest BCUT2D eigenvalue weighted by Crippen LogP contribution is 2.63. The van der Waals surface area contributed by atoms with E-state index in [1.54, 1.807) is 18.2 Å². The molecule has 1 spiro atoms. The first-order valence-corrected chi connectivity index (χ1v) is 6.87. The van der Waals surface area contributed by atoms with Gasteiger partial charge in [-0.25, -0.2) is 0 Å². The highest BCUT2D eigenvalue weighted by molar-refractivity contribution is 6.42. The lowest BCUT2D eigenvalue weighted by Gasteiger charge is -2.07. The Hall–Kier alpha value is -0.530. The quantitative estimate of drug-likeness (QED) is 0.707. The van der Waals surface area contributed by atoms with Gasteiger partial charge in [0.15, 0.2) is 5.78 Å². The fourth-order valence-corrected chi connectivity index (χ4v) is 3.50. The van der Waals surface area contributed by atoms with E-state index in [-0.39, 0.29) is 11.7 Å². The molecule has 0 bridgehead atoms. The van der Waals surface area contributed by atoms with E-state index in [4.69, 9.17) is 23.2 Å². The summed E-state index contributed by atoms with van der Waals surface area (Å²) in [5.41, 5.74) is 1.07. The van der Waals surface area contributed by atoms with Crippen LogP contribution in [0.1, 0.15) is 42.5 Å². The Balaban J connectivity index is 1.81. The van der Waals surface area contributed by atoms with E-state index >= 15 is 0 Å². The fraction of sp³-hybridized carbons (Fsp3) is 0.500. The van der Waals surface area contributed by atoms with E-state index in [1.165, 1.54) is 25.7 Å². The van der Waals surface area contributed by atoms with Crippen LogP contribution >= 0.6 is 23.2 Å². The van der Waals surface area contributed by atoms with Crippen LogP contribution in [0, 0.1) is 11.3 Å². The minimum absolute atomic E-state index is 0.238. The van der Waals surface area contributed by atoms with Crippen LogP contribution in [0.5, 0.6) is 0 Å². The van der Waals surface area contributed by atoms with Crippen molar-refractivity contribution in [2.24, 2.45) is 11.3 Å². The number of hydrogen-bond acceptors (Lipinski definition) is 1. The Morgan fingerprint density at radius 3 is 2.53 bits per heavy atom. The van der Waals surface area contributed by atoms with Crippen molar-refractivity contribution in [3.05, 3.63) is 33.8 Å². The number of rotatable bonds is 2. The molecule has 0 saturated heterocycles. The molecule has 0 amide bonds. The van der Waals surface area contributed by atoms with E-state index in [0.29, 0.717) is 21.0 Å². The molecule has 90 valence electrons. The van der Waals surface area contributed by atoms with Crippen LogP contribution in [-0.2, 0) is 0 Å². The summed E-state index contributed by atoms with van der Waals surface area (Å²) in [6, 6.07) is 5.20. The van der Waals surface area contributed by atoms with Crippen molar-refractivity contribution in [2.45, 2.75) is 32.1 Å². The van der Waals surface area contributed by atoms with E-state index in [2.05, 4.69) is 0 Å². The molecule has 2 aliphatic rings. The average Bonchev–Trinajstić information content (AvgIpc) is 2.79. The number of Topliss-reactive ketones (excluding diaryl/α,β-unsaturated/α-hetero) is 1. The third-order valence-corrected chi connectivity index (χ3v) is 5.05. The molecule has 17 heavy (non-hydrogen) atoms. The lowest BCUT2D eigenvalue weighted by atomic mass is 9.97. The van der Waals surface area contributed by atoms with E-state index in [0.717, 1.165) is 6.42 Å². The van der Waals surface area contributed by atoms with Gasteiger partial charge >= 0.3 is 0 Å². The van der Waals surface area contributed by atoms with Gasteiger partial charge < -0.3 is 0 Å². The summed E-state index contributed by atoms with van der Waals surface area (Å²) in [6.07, 6.45) is 6.10. The molecule has 1 nitrogen and oxygen atoms in total. The SMILES string of the molecule is O=C(c1ccc(Cl)c(Cl)c1)C1CC12CCCC2. The van der Waals surface area contributed by atoms with Crippen LogP contribution < -0.4 is 0 Å². The predicted octanol–water partition coefficient (Wildman–Crippen LogP) is 4.76. The van der Waals surface area contributed by atoms with Crippen molar-refractivity contribution in [3.8, 4) is 0 Å². The zero-order chi connectivity index (χ0) is 12.0. The van der Waals surface area contributed by atoms with Crippen LogP contribution in [0.15, 0.2) is 18.2 Å². The van der Waals surface area contributed by atoms with E-state index < -0.39 is 0 Å². The van der Waals surface area contributed by atoms with Gasteiger partial charge in [0.05, 0.1) is 10.0 Å². The summed E-state index contributed by atoms with van der Waals surface area (Å²) in [7, 11) is 0. The van der Waals surface area contributed by atoms with Gasteiger partial charge in [0.2, 0.25) is 0 Å². The molecule has 0 N–H and O–H groups in total. The van der Waals surface area contributed by atoms with Gasteiger partial charge in [-0.15, -0.1) is 0 Å². The van der Waals surface area contributed by atoms with Crippen molar-refractivity contribution >= 4 is 29.0 Å². The first-order valence-electron chi connectivity index (χ1n) is 6.12. The number of hydrogen-bond donors (Lipinski definition) is 0. The van der Waals surface area contributed by atoms with Gasteiger partial charge in [0, 0.05) is 11.5 Å².